The smallest absolute Gasteiger partial charge is 0.119 e. The fraction of sp³-hybridized carbons (Fsp3) is 0.571. The summed E-state index contributed by atoms with van der Waals surface area (Å²) < 4.78 is 16.6. The quantitative estimate of drug-likeness (QED) is 0.735. The first-order valence-electron chi connectivity index (χ1n) is 6.23. The van der Waals surface area contributed by atoms with E-state index in [1.165, 1.54) is 5.56 Å². The van der Waals surface area contributed by atoms with Crippen LogP contribution in [0.15, 0.2) is 24.3 Å². The zero-order chi connectivity index (χ0) is 11.9. The lowest BCUT2D eigenvalue weighted by molar-refractivity contribution is -0.0388. The Hall–Kier alpha value is -1.06. The Kier molecular flexibility index (Phi) is 4.83. The second kappa shape index (κ2) is 6.62. The molecule has 3 heteroatoms. The zero-order valence-corrected chi connectivity index (χ0v) is 10.4. The molecule has 0 N–H and O–H groups in total. The first-order chi connectivity index (χ1) is 8.34. The van der Waals surface area contributed by atoms with E-state index in [0.29, 0.717) is 19.3 Å². The molecule has 3 nitrogen and oxygen atoms in total. The minimum atomic E-state index is 0.352. The van der Waals surface area contributed by atoms with Gasteiger partial charge in [0.25, 0.3) is 0 Å². The molecule has 1 fully saturated rings. The lowest BCUT2D eigenvalue weighted by Gasteiger charge is -2.22. The van der Waals surface area contributed by atoms with Gasteiger partial charge in [-0.3, -0.25) is 0 Å². The van der Waals surface area contributed by atoms with E-state index in [2.05, 4.69) is 19.1 Å². The molecule has 2 rings (SSSR count). The molecule has 1 heterocycles. The molecule has 0 bridgehead atoms. The average molecular weight is 236 g/mol. The van der Waals surface area contributed by atoms with Crippen molar-refractivity contribution in [3.63, 3.8) is 0 Å². The molecule has 0 unspecified atom stereocenters. The summed E-state index contributed by atoms with van der Waals surface area (Å²) in [5.74, 6) is 0.908. The molecule has 17 heavy (non-hydrogen) atoms. The van der Waals surface area contributed by atoms with E-state index in [4.69, 9.17) is 14.2 Å². The van der Waals surface area contributed by atoms with Crippen LogP contribution >= 0.6 is 0 Å². The lowest BCUT2D eigenvalue weighted by atomic mass is 10.2. The van der Waals surface area contributed by atoms with Gasteiger partial charge in [-0.15, -0.1) is 0 Å². The Balaban J connectivity index is 1.60. The molecule has 0 radical (unpaired) electrons. The summed E-state index contributed by atoms with van der Waals surface area (Å²) in [5.41, 5.74) is 1.25. The van der Waals surface area contributed by atoms with E-state index < -0.39 is 0 Å². The molecular weight excluding hydrogens is 216 g/mol. The number of benzene rings is 1. The van der Waals surface area contributed by atoms with Crippen LogP contribution in [0.5, 0.6) is 5.75 Å². The Morgan fingerprint density at radius 3 is 2.53 bits per heavy atom. The third kappa shape index (κ3) is 4.36. The van der Waals surface area contributed by atoms with Crippen molar-refractivity contribution in [3.05, 3.63) is 29.8 Å². The highest BCUT2D eigenvalue weighted by Crippen LogP contribution is 2.12. The van der Waals surface area contributed by atoms with E-state index in [1.54, 1.807) is 0 Å². The highest BCUT2D eigenvalue weighted by atomic mass is 16.5. The average Bonchev–Trinajstić information content (AvgIpc) is 2.38. The summed E-state index contributed by atoms with van der Waals surface area (Å²) in [6.45, 7) is 4.98. The van der Waals surface area contributed by atoms with Crippen LogP contribution in [0.25, 0.3) is 0 Å². The molecule has 1 saturated heterocycles. The number of rotatable bonds is 5. The SMILES string of the molecule is Cc1ccc(OCCOC2CCOCC2)cc1. The predicted octanol–water partition coefficient (Wildman–Crippen LogP) is 2.57. The van der Waals surface area contributed by atoms with Crippen LogP contribution in [-0.2, 0) is 9.47 Å². The fourth-order valence-electron chi connectivity index (χ4n) is 1.85. The number of hydrogen-bond acceptors (Lipinski definition) is 3. The van der Waals surface area contributed by atoms with Gasteiger partial charge in [-0.25, -0.2) is 0 Å². The van der Waals surface area contributed by atoms with Crippen LogP contribution in [0.3, 0.4) is 0 Å². The van der Waals surface area contributed by atoms with Gasteiger partial charge in [0.2, 0.25) is 0 Å². The van der Waals surface area contributed by atoms with Gasteiger partial charge in [-0.1, -0.05) is 17.7 Å². The summed E-state index contributed by atoms with van der Waals surface area (Å²) in [6.07, 6.45) is 2.36. The molecule has 94 valence electrons. The minimum Gasteiger partial charge on any atom is -0.491 e. The summed E-state index contributed by atoms with van der Waals surface area (Å²) in [4.78, 5) is 0. The molecule has 1 aromatic carbocycles. The topological polar surface area (TPSA) is 27.7 Å². The molecule has 1 aliphatic rings. The summed E-state index contributed by atoms with van der Waals surface area (Å²) in [5, 5.41) is 0. The van der Waals surface area contributed by atoms with Crippen molar-refractivity contribution in [2.45, 2.75) is 25.9 Å². The second-order valence-corrected chi connectivity index (χ2v) is 4.34. The van der Waals surface area contributed by atoms with Crippen molar-refractivity contribution in [3.8, 4) is 5.75 Å². The van der Waals surface area contributed by atoms with Gasteiger partial charge >= 0.3 is 0 Å². The Bertz CT molecular complexity index is 315. The second-order valence-electron chi connectivity index (χ2n) is 4.34. The maximum Gasteiger partial charge on any atom is 0.119 e. The number of hydrogen-bond donors (Lipinski definition) is 0. The van der Waals surface area contributed by atoms with E-state index in [1.807, 2.05) is 12.1 Å². The van der Waals surface area contributed by atoms with Crippen LogP contribution in [0.1, 0.15) is 18.4 Å². The monoisotopic (exact) mass is 236 g/mol. The van der Waals surface area contributed by atoms with Gasteiger partial charge < -0.3 is 14.2 Å². The largest absolute Gasteiger partial charge is 0.491 e. The zero-order valence-electron chi connectivity index (χ0n) is 10.4. The standard InChI is InChI=1S/C14H20O3/c1-12-2-4-13(5-3-12)16-10-11-17-14-6-8-15-9-7-14/h2-5,14H,6-11H2,1H3. The molecule has 0 amide bonds. The molecular formula is C14H20O3. The van der Waals surface area contributed by atoms with Gasteiger partial charge in [0.1, 0.15) is 12.4 Å². The van der Waals surface area contributed by atoms with Crippen molar-refractivity contribution in [1.29, 1.82) is 0 Å². The lowest BCUT2D eigenvalue weighted by Crippen LogP contribution is -2.25. The van der Waals surface area contributed by atoms with E-state index >= 15 is 0 Å². The minimum absolute atomic E-state index is 0.352. The summed E-state index contributed by atoms with van der Waals surface area (Å²) in [6, 6.07) is 8.08. The van der Waals surface area contributed by atoms with Crippen molar-refractivity contribution >= 4 is 0 Å². The van der Waals surface area contributed by atoms with Gasteiger partial charge in [-0.2, -0.15) is 0 Å². The predicted molar refractivity (Wildman–Crippen MR) is 66.5 cm³/mol. The third-order valence-corrected chi connectivity index (χ3v) is 2.89. The third-order valence-electron chi connectivity index (χ3n) is 2.89. The van der Waals surface area contributed by atoms with Crippen LogP contribution in [0.4, 0.5) is 0 Å². The highest BCUT2D eigenvalue weighted by molar-refractivity contribution is 5.26. The van der Waals surface area contributed by atoms with Crippen LogP contribution in [0.2, 0.25) is 0 Å². The van der Waals surface area contributed by atoms with E-state index in [-0.39, 0.29) is 0 Å². The van der Waals surface area contributed by atoms with Crippen molar-refractivity contribution in [2.24, 2.45) is 0 Å². The van der Waals surface area contributed by atoms with Gasteiger partial charge in [0.15, 0.2) is 0 Å². The summed E-state index contributed by atoms with van der Waals surface area (Å²) in [7, 11) is 0. The molecule has 1 aliphatic heterocycles. The Morgan fingerprint density at radius 2 is 1.82 bits per heavy atom. The molecule has 1 aromatic rings. The van der Waals surface area contributed by atoms with Crippen LogP contribution < -0.4 is 4.74 Å². The summed E-state index contributed by atoms with van der Waals surface area (Å²) >= 11 is 0. The van der Waals surface area contributed by atoms with Crippen molar-refractivity contribution in [2.75, 3.05) is 26.4 Å². The van der Waals surface area contributed by atoms with E-state index in [0.717, 1.165) is 31.8 Å². The molecule has 0 saturated carbocycles. The van der Waals surface area contributed by atoms with Gasteiger partial charge in [0.05, 0.1) is 12.7 Å². The Labute approximate surface area is 103 Å². The van der Waals surface area contributed by atoms with Gasteiger partial charge in [-0.05, 0) is 31.9 Å². The number of aryl methyl sites for hydroxylation is 1. The van der Waals surface area contributed by atoms with Crippen LogP contribution in [0, 0.1) is 6.92 Å². The molecule has 0 aliphatic carbocycles. The molecule has 0 aromatic heterocycles. The van der Waals surface area contributed by atoms with E-state index in [9.17, 15) is 0 Å². The van der Waals surface area contributed by atoms with Crippen LogP contribution in [-0.4, -0.2) is 32.5 Å². The first kappa shape index (κ1) is 12.4. The number of ether oxygens (including phenoxy) is 3. The molecule has 0 spiro atoms. The van der Waals surface area contributed by atoms with Crippen molar-refractivity contribution in [1.82, 2.24) is 0 Å². The Morgan fingerprint density at radius 1 is 1.12 bits per heavy atom. The molecule has 0 atom stereocenters. The maximum absolute atomic E-state index is 5.72. The first-order valence-corrected chi connectivity index (χ1v) is 6.23. The van der Waals surface area contributed by atoms with Crippen molar-refractivity contribution < 1.29 is 14.2 Å². The maximum atomic E-state index is 5.72. The fourth-order valence-corrected chi connectivity index (χ4v) is 1.85. The highest BCUT2D eigenvalue weighted by Gasteiger charge is 2.13. The normalized spacial score (nSPS) is 17.0. The van der Waals surface area contributed by atoms with Gasteiger partial charge in [0, 0.05) is 13.2 Å².